The van der Waals surface area contributed by atoms with Crippen molar-refractivity contribution in [3.05, 3.63) is 66.0 Å². The van der Waals surface area contributed by atoms with E-state index >= 15 is 0 Å². The van der Waals surface area contributed by atoms with E-state index in [9.17, 15) is 4.79 Å². The number of carbonyl (C=O) groups excluding carboxylic acids is 1. The third-order valence-corrected chi connectivity index (χ3v) is 4.65. The second-order valence-corrected chi connectivity index (χ2v) is 6.78. The Labute approximate surface area is 165 Å². The van der Waals surface area contributed by atoms with Crippen LogP contribution in [-0.2, 0) is 6.42 Å². The molecule has 0 aliphatic carbocycles. The van der Waals surface area contributed by atoms with Gasteiger partial charge in [0.2, 0.25) is 0 Å². The van der Waals surface area contributed by atoms with Crippen LogP contribution < -0.4 is 15.0 Å². The summed E-state index contributed by atoms with van der Waals surface area (Å²) < 4.78 is 5.45. The van der Waals surface area contributed by atoms with Crippen LogP contribution in [0, 0.1) is 0 Å². The average Bonchev–Trinajstić information content (AvgIpc) is 3.25. The number of nitrogens with one attached hydrogen (secondary N) is 2. The van der Waals surface area contributed by atoms with Crippen LogP contribution in [0.2, 0.25) is 0 Å². The van der Waals surface area contributed by atoms with Gasteiger partial charge in [-0.1, -0.05) is 18.2 Å². The van der Waals surface area contributed by atoms with Gasteiger partial charge in [-0.25, -0.2) is 0 Å². The molecule has 3 aromatic rings. The van der Waals surface area contributed by atoms with E-state index in [-0.39, 0.29) is 5.91 Å². The molecule has 0 saturated heterocycles. The van der Waals surface area contributed by atoms with Crippen LogP contribution in [0.5, 0.6) is 5.75 Å². The van der Waals surface area contributed by atoms with Gasteiger partial charge in [0, 0.05) is 49.2 Å². The fourth-order valence-electron chi connectivity index (χ4n) is 3.21. The number of aryl methyl sites for hydroxylation is 1. The van der Waals surface area contributed by atoms with E-state index in [1.165, 1.54) is 11.3 Å². The Hall–Kier alpha value is -3.28. The zero-order valence-electron chi connectivity index (χ0n) is 16.5. The number of aromatic amines is 1. The molecule has 0 aliphatic heterocycles. The molecule has 6 heteroatoms. The van der Waals surface area contributed by atoms with Crippen molar-refractivity contribution in [3.63, 3.8) is 0 Å². The van der Waals surface area contributed by atoms with E-state index in [2.05, 4.69) is 38.6 Å². The highest BCUT2D eigenvalue weighted by atomic mass is 16.5. The number of ether oxygens (including phenoxy) is 1. The summed E-state index contributed by atoms with van der Waals surface area (Å²) in [6, 6.07) is 13.8. The van der Waals surface area contributed by atoms with Gasteiger partial charge in [0.1, 0.15) is 5.75 Å². The first-order valence-corrected chi connectivity index (χ1v) is 9.30. The smallest absolute Gasteiger partial charge is 0.251 e. The minimum atomic E-state index is -0.0991. The van der Waals surface area contributed by atoms with E-state index in [1.54, 1.807) is 25.6 Å². The van der Waals surface area contributed by atoms with Gasteiger partial charge in [-0.2, -0.15) is 5.10 Å². The maximum Gasteiger partial charge on any atom is 0.251 e. The number of aromatic nitrogens is 2. The van der Waals surface area contributed by atoms with Crippen LogP contribution in [0.1, 0.15) is 22.3 Å². The van der Waals surface area contributed by atoms with Gasteiger partial charge in [0.05, 0.1) is 13.3 Å². The van der Waals surface area contributed by atoms with E-state index in [4.69, 9.17) is 4.74 Å². The molecule has 0 atom stereocenters. The minimum Gasteiger partial charge on any atom is -0.496 e. The first-order valence-electron chi connectivity index (χ1n) is 9.30. The van der Waals surface area contributed by atoms with Gasteiger partial charge >= 0.3 is 0 Å². The number of para-hydroxylation sites is 1. The molecule has 6 nitrogen and oxygen atoms in total. The molecule has 1 amide bonds. The largest absolute Gasteiger partial charge is 0.496 e. The van der Waals surface area contributed by atoms with Crippen LogP contribution in [0.15, 0.2) is 54.9 Å². The molecule has 2 aromatic carbocycles. The van der Waals surface area contributed by atoms with Gasteiger partial charge in [-0.05, 0) is 42.7 Å². The van der Waals surface area contributed by atoms with Crippen molar-refractivity contribution in [1.29, 1.82) is 0 Å². The maximum absolute atomic E-state index is 12.5. The Morgan fingerprint density at radius 2 is 2.04 bits per heavy atom. The van der Waals surface area contributed by atoms with Crippen LogP contribution >= 0.6 is 0 Å². The second kappa shape index (κ2) is 9.08. The van der Waals surface area contributed by atoms with Crippen molar-refractivity contribution >= 4 is 11.6 Å². The number of hydrogen-bond donors (Lipinski definition) is 2. The van der Waals surface area contributed by atoms with Crippen molar-refractivity contribution in [3.8, 4) is 16.9 Å². The third kappa shape index (κ3) is 4.52. The number of methoxy groups -OCH3 is 1. The summed E-state index contributed by atoms with van der Waals surface area (Å²) in [6.07, 6.45) is 5.31. The average molecular weight is 378 g/mol. The molecule has 0 aliphatic rings. The summed E-state index contributed by atoms with van der Waals surface area (Å²) in [5, 5.41) is 9.75. The number of benzene rings is 2. The second-order valence-electron chi connectivity index (χ2n) is 6.78. The maximum atomic E-state index is 12.5. The van der Waals surface area contributed by atoms with Crippen molar-refractivity contribution in [1.82, 2.24) is 15.5 Å². The van der Waals surface area contributed by atoms with Crippen LogP contribution in [0.25, 0.3) is 11.1 Å². The molecule has 0 radical (unpaired) electrons. The summed E-state index contributed by atoms with van der Waals surface area (Å²) in [5.41, 5.74) is 4.90. The number of amides is 1. The predicted molar refractivity (Wildman–Crippen MR) is 112 cm³/mol. The molecule has 1 heterocycles. The van der Waals surface area contributed by atoms with Gasteiger partial charge in [0.25, 0.3) is 5.91 Å². The van der Waals surface area contributed by atoms with Gasteiger partial charge in [0.15, 0.2) is 0 Å². The third-order valence-electron chi connectivity index (χ3n) is 4.65. The quantitative estimate of drug-likeness (QED) is 0.589. The molecule has 2 N–H and O–H groups in total. The Balaban J connectivity index is 1.58. The number of hydrogen-bond acceptors (Lipinski definition) is 4. The first-order chi connectivity index (χ1) is 13.6. The summed E-state index contributed by atoms with van der Waals surface area (Å²) in [6.45, 7) is 0.617. The number of H-pyrrole nitrogens is 1. The summed E-state index contributed by atoms with van der Waals surface area (Å²) in [4.78, 5) is 14.6. The lowest BCUT2D eigenvalue weighted by molar-refractivity contribution is 0.0953. The van der Waals surface area contributed by atoms with E-state index in [0.717, 1.165) is 24.0 Å². The van der Waals surface area contributed by atoms with Gasteiger partial charge in [-0.3, -0.25) is 9.89 Å². The predicted octanol–water partition coefficient (Wildman–Crippen LogP) is 3.51. The zero-order chi connectivity index (χ0) is 19.9. The van der Waals surface area contributed by atoms with E-state index in [0.29, 0.717) is 17.9 Å². The lowest BCUT2D eigenvalue weighted by atomic mass is 10.0. The molecule has 146 valence electrons. The van der Waals surface area contributed by atoms with E-state index < -0.39 is 0 Å². The van der Waals surface area contributed by atoms with Crippen molar-refractivity contribution in [2.75, 3.05) is 32.6 Å². The Bertz CT molecular complexity index is 920. The molecule has 0 bridgehead atoms. The standard InChI is InChI=1S/C22H26N4O2/c1-26(2)20-9-5-4-7-16(20)8-6-12-23-22(27)17-10-11-19(21(13-17)28-3)18-14-24-25-15-18/h4-5,7,9-11,13-15H,6,8,12H2,1-3H3,(H,23,27)(H,24,25). The minimum absolute atomic E-state index is 0.0991. The number of anilines is 1. The SMILES string of the molecule is COc1cc(C(=O)NCCCc2ccccc2N(C)C)ccc1-c1cn[nH]c1. The molecule has 0 saturated carbocycles. The number of rotatable bonds is 8. The highest BCUT2D eigenvalue weighted by molar-refractivity contribution is 5.95. The van der Waals surface area contributed by atoms with E-state index in [1.807, 2.05) is 32.3 Å². The molecule has 28 heavy (non-hydrogen) atoms. The lowest BCUT2D eigenvalue weighted by Gasteiger charge is -2.17. The molecule has 0 fully saturated rings. The molecular formula is C22H26N4O2. The van der Waals surface area contributed by atoms with Crippen LogP contribution in [-0.4, -0.2) is 43.9 Å². The van der Waals surface area contributed by atoms with Crippen molar-refractivity contribution in [2.45, 2.75) is 12.8 Å². The fraction of sp³-hybridized carbons (Fsp3) is 0.273. The Morgan fingerprint density at radius 1 is 1.21 bits per heavy atom. The normalized spacial score (nSPS) is 10.5. The van der Waals surface area contributed by atoms with Gasteiger partial charge < -0.3 is 15.0 Å². The molecule has 3 rings (SSSR count). The van der Waals surface area contributed by atoms with Crippen LogP contribution in [0.3, 0.4) is 0 Å². The number of nitrogens with zero attached hydrogens (tertiary/aromatic N) is 2. The highest BCUT2D eigenvalue weighted by Crippen LogP contribution is 2.30. The lowest BCUT2D eigenvalue weighted by Crippen LogP contribution is -2.25. The highest BCUT2D eigenvalue weighted by Gasteiger charge is 2.12. The molecule has 0 spiro atoms. The first kappa shape index (κ1) is 19.5. The molecular weight excluding hydrogens is 352 g/mol. The fourth-order valence-corrected chi connectivity index (χ4v) is 3.21. The zero-order valence-corrected chi connectivity index (χ0v) is 16.5. The summed E-state index contributed by atoms with van der Waals surface area (Å²) in [5.74, 6) is 0.548. The summed E-state index contributed by atoms with van der Waals surface area (Å²) >= 11 is 0. The van der Waals surface area contributed by atoms with Gasteiger partial charge in [-0.15, -0.1) is 0 Å². The van der Waals surface area contributed by atoms with Crippen molar-refractivity contribution < 1.29 is 9.53 Å². The van der Waals surface area contributed by atoms with Crippen LogP contribution in [0.4, 0.5) is 5.69 Å². The monoisotopic (exact) mass is 378 g/mol. The van der Waals surface area contributed by atoms with Crippen molar-refractivity contribution in [2.24, 2.45) is 0 Å². The summed E-state index contributed by atoms with van der Waals surface area (Å²) in [7, 11) is 5.69. The topological polar surface area (TPSA) is 70.2 Å². The Morgan fingerprint density at radius 3 is 2.75 bits per heavy atom. The number of carbonyl (C=O) groups is 1. The Kier molecular flexibility index (Phi) is 6.32. The molecule has 1 aromatic heterocycles. The molecule has 0 unspecified atom stereocenters.